The number of sulfonamides is 1. The van der Waals surface area contributed by atoms with E-state index in [4.69, 9.17) is 28.4 Å². The Labute approximate surface area is 122 Å². The van der Waals surface area contributed by atoms with Crippen molar-refractivity contribution >= 4 is 33.1 Å². The first-order valence-electron chi connectivity index (χ1n) is 5.58. The highest BCUT2D eigenvalue weighted by molar-refractivity contribution is 7.89. The van der Waals surface area contributed by atoms with E-state index in [0.717, 1.165) is 0 Å². The van der Waals surface area contributed by atoms with Gasteiger partial charge in [0.05, 0.1) is 11.5 Å². The summed E-state index contributed by atoms with van der Waals surface area (Å²) >= 11 is 4.79. The fourth-order valence-electron chi connectivity index (χ4n) is 1.32. The number of primary amides is 1. The number of thiocarbonyl (C=S) groups is 1. The molecule has 0 saturated carbocycles. The molecular formula is C11H15N3O4S2. The number of benzene rings is 1. The molecule has 0 bridgehead atoms. The number of hydrogen-bond acceptors (Lipinski definition) is 5. The van der Waals surface area contributed by atoms with Crippen LogP contribution in [0.1, 0.15) is 5.56 Å². The maximum atomic E-state index is 12.0. The van der Waals surface area contributed by atoms with Gasteiger partial charge in [-0.05, 0) is 12.1 Å². The molecular weight excluding hydrogens is 302 g/mol. The summed E-state index contributed by atoms with van der Waals surface area (Å²) in [5.74, 6) is -0.614. The Bertz CT molecular complexity index is 601. The predicted molar refractivity (Wildman–Crippen MR) is 77.5 cm³/mol. The third-order valence-electron chi connectivity index (χ3n) is 2.21. The number of ether oxygens (including phenoxy) is 1. The van der Waals surface area contributed by atoms with Crippen LogP contribution in [0, 0.1) is 0 Å². The van der Waals surface area contributed by atoms with Gasteiger partial charge in [-0.3, -0.25) is 4.79 Å². The van der Waals surface area contributed by atoms with Gasteiger partial charge in [0.1, 0.15) is 11.6 Å². The minimum atomic E-state index is -3.68. The molecule has 1 aromatic rings. The first-order valence-corrected chi connectivity index (χ1v) is 7.47. The first-order chi connectivity index (χ1) is 9.33. The van der Waals surface area contributed by atoms with Crippen molar-refractivity contribution in [3.8, 4) is 0 Å². The van der Waals surface area contributed by atoms with Crippen LogP contribution in [-0.2, 0) is 19.6 Å². The van der Waals surface area contributed by atoms with E-state index in [-0.39, 0.29) is 29.6 Å². The molecule has 110 valence electrons. The van der Waals surface area contributed by atoms with Gasteiger partial charge in [-0.2, -0.15) is 0 Å². The highest BCUT2D eigenvalue weighted by Crippen LogP contribution is 2.11. The Kier molecular flexibility index (Phi) is 6.02. The standard InChI is InChI=1S/C11H15N3O4S2/c12-10(15)7-18-5-4-14-20(16,17)9-3-1-2-8(6-9)11(13)19/h1-3,6,14H,4-5,7H2,(H2,12,15)(H2,13,19). The molecule has 0 aliphatic rings. The number of rotatable bonds is 8. The van der Waals surface area contributed by atoms with E-state index in [1.165, 1.54) is 12.1 Å². The smallest absolute Gasteiger partial charge is 0.243 e. The van der Waals surface area contributed by atoms with Gasteiger partial charge in [-0.1, -0.05) is 24.4 Å². The van der Waals surface area contributed by atoms with Gasteiger partial charge in [0.25, 0.3) is 0 Å². The van der Waals surface area contributed by atoms with Crippen LogP contribution in [0.25, 0.3) is 0 Å². The minimum absolute atomic E-state index is 0.0207. The summed E-state index contributed by atoms with van der Waals surface area (Å²) in [6, 6.07) is 5.98. The summed E-state index contributed by atoms with van der Waals surface area (Å²) in [6.07, 6.45) is 0. The van der Waals surface area contributed by atoms with E-state index in [0.29, 0.717) is 5.56 Å². The van der Waals surface area contributed by atoms with Crippen molar-refractivity contribution in [1.82, 2.24) is 4.72 Å². The molecule has 0 aromatic heterocycles. The zero-order valence-corrected chi connectivity index (χ0v) is 12.2. The van der Waals surface area contributed by atoms with Gasteiger partial charge >= 0.3 is 0 Å². The van der Waals surface area contributed by atoms with Crippen LogP contribution < -0.4 is 16.2 Å². The summed E-state index contributed by atoms with van der Waals surface area (Å²) in [4.78, 5) is 10.6. The highest BCUT2D eigenvalue weighted by Gasteiger charge is 2.14. The van der Waals surface area contributed by atoms with Gasteiger partial charge < -0.3 is 16.2 Å². The molecule has 0 aliphatic carbocycles. The average molecular weight is 317 g/mol. The van der Waals surface area contributed by atoms with E-state index < -0.39 is 15.9 Å². The lowest BCUT2D eigenvalue weighted by Gasteiger charge is -2.08. The number of carbonyl (C=O) groups is 1. The lowest BCUT2D eigenvalue weighted by atomic mass is 10.2. The lowest BCUT2D eigenvalue weighted by Crippen LogP contribution is -2.29. The Morgan fingerprint density at radius 2 is 2.05 bits per heavy atom. The molecule has 7 nitrogen and oxygen atoms in total. The largest absolute Gasteiger partial charge is 0.389 e. The van der Waals surface area contributed by atoms with Crippen LogP contribution in [-0.4, -0.2) is 39.1 Å². The van der Waals surface area contributed by atoms with E-state index >= 15 is 0 Å². The molecule has 1 aromatic carbocycles. The molecule has 9 heteroatoms. The molecule has 0 atom stereocenters. The fourth-order valence-corrected chi connectivity index (χ4v) is 2.51. The van der Waals surface area contributed by atoms with Crippen LogP contribution in [0.2, 0.25) is 0 Å². The van der Waals surface area contributed by atoms with E-state index in [1.54, 1.807) is 12.1 Å². The van der Waals surface area contributed by atoms with Crippen LogP contribution in [0.3, 0.4) is 0 Å². The van der Waals surface area contributed by atoms with Crippen LogP contribution in [0.15, 0.2) is 29.2 Å². The third kappa shape index (κ3) is 5.21. The van der Waals surface area contributed by atoms with Crippen LogP contribution in [0.4, 0.5) is 0 Å². The molecule has 20 heavy (non-hydrogen) atoms. The zero-order chi connectivity index (χ0) is 15.2. The monoisotopic (exact) mass is 317 g/mol. The predicted octanol–water partition coefficient (Wildman–Crippen LogP) is -0.899. The topological polar surface area (TPSA) is 125 Å². The van der Waals surface area contributed by atoms with E-state index in [1.807, 2.05) is 0 Å². The first kappa shape index (κ1) is 16.5. The number of nitrogens with one attached hydrogen (secondary N) is 1. The molecule has 0 fully saturated rings. The molecule has 0 unspecified atom stereocenters. The second-order valence-electron chi connectivity index (χ2n) is 3.81. The normalized spacial score (nSPS) is 11.2. The molecule has 1 amide bonds. The van der Waals surface area contributed by atoms with Crippen molar-refractivity contribution in [2.75, 3.05) is 19.8 Å². The van der Waals surface area contributed by atoms with E-state index in [2.05, 4.69) is 4.72 Å². The van der Waals surface area contributed by atoms with Gasteiger partial charge in [0, 0.05) is 12.1 Å². The Morgan fingerprint density at radius 1 is 1.35 bits per heavy atom. The summed E-state index contributed by atoms with van der Waals surface area (Å²) in [6.45, 7) is -0.192. The summed E-state index contributed by atoms with van der Waals surface area (Å²) < 4.78 is 31.1. The SMILES string of the molecule is NC(=O)COCCNS(=O)(=O)c1cccc(C(N)=S)c1. The molecule has 0 spiro atoms. The van der Waals surface area contributed by atoms with Gasteiger partial charge in [0.2, 0.25) is 15.9 Å². The number of hydrogen-bond donors (Lipinski definition) is 3. The fraction of sp³-hybridized carbons (Fsp3) is 0.273. The van der Waals surface area contributed by atoms with Crippen molar-refractivity contribution in [3.05, 3.63) is 29.8 Å². The van der Waals surface area contributed by atoms with Gasteiger partial charge in [0.15, 0.2) is 0 Å². The van der Waals surface area contributed by atoms with Crippen molar-refractivity contribution in [2.45, 2.75) is 4.90 Å². The number of amides is 1. The molecule has 5 N–H and O–H groups in total. The summed E-state index contributed by atoms with van der Waals surface area (Å²) in [5.41, 5.74) is 10.8. The average Bonchev–Trinajstić information content (AvgIpc) is 2.38. The van der Waals surface area contributed by atoms with Gasteiger partial charge in [-0.15, -0.1) is 0 Å². The Balaban J connectivity index is 2.62. The molecule has 0 saturated heterocycles. The number of carbonyl (C=O) groups excluding carboxylic acids is 1. The van der Waals surface area contributed by atoms with Gasteiger partial charge in [-0.25, -0.2) is 13.1 Å². The lowest BCUT2D eigenvalue weighted by molar-refractivity contribution is -0.122. The Morgan fingerprint density at radius 3 is 2.65 bits per heavy atom. The summed E-state index contributed by atoms with van der Waals surface area (Å²) in [5, 5.41) is 0. The maximum Gasteiger partial charge on any atom is 0.243 e. The third-order valence-corrected chi connectivity index (χ3v) is 3.91. The molecule has 0 heterocycles. The second kappa shape index (κ2) is 7.29. The summed E-state index contributed by atoms with van der Waals surface area (Å²) in [7, 11) is -3.68. The quantitative estimate of drug-likeness (QED) is 0.421. The van der Waals surface area contributed by atoms with E-state index in [9.17, 15) is 13.2 Å². The Hall–Kier alpha value is -1.55. The van der Waals surface area contributed by atoms with Crippen molar-refractivity contribution < 1.29 is 17.9 Å². The highest BCUT2D eigenvalue weighted by atomic mass is 32.2. The van der Waals surface area contributed by atoms with Crippen LogP contribution >= 0.6 is 12.2 Å². The maximum absolute atomic E-state index is 12.0. The zero-order valence-electron chi connectivity index (χ0n) is 10.5. The van der Waals surface area contributed by atoms with Crippen LogP contribution in [0.5, 0.6) is 0 Å². The minimum Gasteiger partial charge on any atom is -0.389 e. The molecule has 0 radical (unpaired) electrons. The number of nitrogens with two attached hydrogens (primary N) is 2. The molecule has 0 aliphatic heterocycles. The van der Waals surface area contributed by atoms with Crippen molar-refractivity contribution in [1.29, 1.82) is 0 Å². The van der Waals surface area contributed by atoms with Crippen molar-refractivity contribution in [2.24, 2.45) is 11.5 Å². The van der Waals surface area contributed by atoms with Crippen molar-refractivity contribution in [3.63, 3.8) is 0 Å². The molecule has 1 rings (SSSR count). The second-order valence-corrected chi connectivity index (χ2v) is 6.02.